The summed E-state index contributed by atoms with van der Waals surface area (Å²) in [5.74, 6) is 0.537. The van der Waals surface area contributed by atoms with Crippen LogP contribution >= 0.6 is 0 Å². The molecule has 0 heterocycles. The van der Waals surface area contributed by atoms with Gasteiger partial charge in [0.25, 0.3) is 0 Å². The van der Waals surface area contributed by atoms with Gasteiger partial charge in [0, 0.05) is 27.2 Å². The van der Waals surface area contributed by atoms with Gasteiger partial charge in [0.05, 0.1) is 19.8 Å². The van der Waals surface area contributed by atoms with Gasteiger partial charge in [0.2, 0.25) is 0 Å². The number of aryl methyl sites for hydroxylation is 1. The van der Waals surface area contributed by atoms with E-state index in [4.69, 9.17) is 9.47 Å². The second kappa shape index (κ2) is 11.0. The van der Waals surface area contributed by atoms with Crippen molar-refractivity contribution in [2.45, 2.75) is 13.3 Å². The minimum Gasteiger partial charge on any atom is -0.382 e. The Labute approximate surface area is 131 Å². The summed E-state index contributed by atoms with van der Waals surface area (Å²) in [5.41, 5.74) is 2.10. The van der Waals surface area contributed by atoms with Crippen LogP contribution < -0.4 is 10.6 Å². The van der Waals surface area contributed by atoms with Crippen molar-refractivity contribution < 1.29 is 13.9 Å². The minimum absolute atomic E-state index is 0.194. The Morgan fingerprint density at radius 1 is 1.18 bits per heavy atom. The number of benzene rings is 1. The summed E-state index contributed by atoms with van der Waals surface area (Å²) in [7, 11) is 3.38. The highest BCUT2D eigenvalue weighted by molar-refractivity contribution is 5.79. The van der Waals surface area contributed by atoms with E-state index >= 15 is 0 Å². The summed E-state index contributed by atoms with van der Waals surface area (Å²) in [6.07, 6.45) is 0.817. The topological polar surface area (TPSA) is 54.9 Å². The molecule has 0 aliphatic carbocycles. The van der Waals surface area contributed by atoms with Crippen molar-refractivity contribution in [3.63, 3.8) is 0 Å². The molecule has 0 aliphatic rings. The van der Waals surface area contributed by atoms with E-state index in [0.29, 0.717) is 26.4 Å². The summed E-state index contributed by atoms with van der Waals surface area (Å²) in [6, 6.07) is 4.87. The largest absolute Gasteiger partial charge is 0.382 e. The van der Waals surface area contributed by atoms with Gasteiger partial charge in [-0.3, -0.25) is 4.99 Å². The Bertz CT molecular complexity index is 467. The molecule has 22 heavy (non-hydrogen) atoms. The first-order valence-electron chi connectivity index (χ1n) is 7.43. The molecule has 0 amide bonds. The number of halogens is 1. The maximum absolute atomic E-state index is 13.0. The van der Waals surface area contributed by atoms with Gasteiger partial charge in [-0.25, -0.2) is 4.39 Å². The molecule has 1 aromatic carbocycles. The Balaban J connectivity index is 2.21. The zero-order valence-electron chi connectivity index (χ0n) is 13.6. The van der Waals surface area contributed by atoms with Gasteiger partial charge in [-0.15, -0.1) is 0 Å². The molecule has 0 atom stereocenters. The lowest BCUT2D eigenvalue weighted by molar-refractivity contribution is 0.0733. The minimum atomic E-state index is -0.194. The maximum Gasteiger partial charge on any atom is 0.191 e. The normalized spacial score (nSPS) is 11.5. The quantitative estimate of drug-likeness (QED) is 0.412. The highest BCUT2D eigenvalue weighted by atomic mass is 19.1. The van der Waals surface area contributed by atoms with Crippen LogP contribution in [0.25, 0.3) is 0 Å². The molecule has 2 N–H and O–H groups in total. The Kier molecular flexibility index (Phi) is 9.18. The first-order chi connectivity index (χ1) is 10.7. The third-order valence-corrected chi connectivity index (χ3v) is 3.19. The predicted molar refractivity (Wildman–Crippen MR) is 86.9 cm³/mol. The molecule has 0 fully saturated rings. The standard InChI is InChI=1S/C16H26FN3O2/c1-13-12-15(17)5-4-14(13)6-7-19-16(18-2)20-8-9-22-11-10-21-3/h4-5,12H,6-11H2,1-3H3,(H2,18,19,20). The Morgan fingerprint density at radius 3 is 2.64 bits per heavy atom. The van der Waals surface area contributed by atoms with Crippen LogP contribution in [0.15, 0.2) is 23.2 Å². The monoisotopic (exact) mass is 311 g/mol. The van der Waals surface area contributed by atoms with Crippen molar-refractivity contribution in [3.8, 4) is 0 Å². The molecule has 0 saturated carbocycles. The molecule has 0 bridgehead atoms. The molecule has 0 radical (unpaired) electrons. The SMILES string of the molecule is CN=C(NCCOCCOC)NCCc1ccc(F)cc1C. The molecular weight excluding hydrogens is 285 g/mol. The number of ether oxygens (including phenoxy) is 2. The van der Waals surface area contributed by atoms with E-state index in [1.54, 1.807) is 20.2 Å². The van der Waals surface area contributed by atoms with Crippen molar-refractivity contribution in [2.24, 2.45) is 4.99 Å². The molecule has 1 aromatic rings. The summed E-state index contributed by atoms with van der Waals surface area (Å²) in [5, 5.41) is 6.40. The lowest BCUT2D eigenvalue weighted by atomic mass is 10.1. The molecule has 6 heteroatoms. The van der Waals surface area contributed by atoms with Crippen molar-refractivity contribution in [3.05, 3.63) is 35.1 Å². The van der Waals surface area contributed by atoms with Gasteiger partial charge >= 0.3 is 0 Å². The number of nitrogens with zero attached hydrogens (tertiary/aromatic N) is 1. The third kappa shape index (κ3) is 7.38. The molecule has 5 nitrogen and oxygen atoms in total. The van der Waals surface area contributed by atoms with E-state index in [2.05, 4.69) is 15.6 Å². The first-order valence-corrected chi connectivity index (χ1v) is 7.43. The molecule has 0 aliphatic heterocycles. The third-order valence-electron chi connectivity index (χ3n) is 3.19. The van der Waals surface area contributed by atoms with Gasteiger partial charge in [-0.05, 0) is 36.6 Å². The van der Waals surface area contributed by atoms with Crippen LogP contribution in [0.4, 0.5) is 4.39 Å². The molecular formula is C16H26FN3O2. The lowest BCUT2D eigenvalue weighted by Crippen LogP contribution is -2.40. The number of guanidine groups is 1. The van der Waals surface area contributed by atoms with Crippen molar-refractivity contribution in [1.82, 2.24) is 10.6 Å². The number of methoxy groups -OCH3 is 1. The van der Waals surface area contributed by atoms with Gasteiger partial charge in [-0.1, -0.05) is 6.07 Å². The van der Waals surface area contributed by atoms with Crippen LogP contribution in [0.1, 0.15) is 11.1 Å². The second-order valence-electron chi connectivity index (χ2n) is 4.85. The first kappa shape index (κ1) is 18.4. The summed E-state index contributed by atoms with van der Waals surface area (Å²) in [4.78, 5) is 4.14. The number of hydrogen-bond acceptors (Lipinski definition) is 3. The molecule has 0 aromatic heterocycles. The lowest BCUT2D eigenvalue weighted by Gasteiger charge is -2.12. The Morgan fingerprint density at radius 2 is 1.95 bits per heavy atom. The number of aliphatic imine (C=N–C) groups is 1. The number of nitrogens with one attached hydrogen (secondary N) is 2. The highest BCUT2D eigenvalue weighted by Crippen LogP contribution is 2.10. The fourth-order valence-electron chi connectivity index (χ4n) is 1.96. The number of hydrogen-bond donors (Lipinski definition) is 2. The van der Waals surface area contributed by atoms with Crippen molar-refractivity contribution in [1.29, 1.82) is 0 Å². The van der Waals surface area contributed by atoms with Crippen molar-refractivity contribution >= 4 is 5.96 Å². The second-order valence-corrected chi connectivity index (χ2v) is 4.85. The van der Waals surface area contributed by atoms with E-state index < -0.39 is 0 Å². The van der Waals surface area contributed by atoms with Gasteiger partial charge in [0.15, 0.2) is 5.96 Å². The fraction of sp³-hybridized carbons (Fsp3) is 0.562. The smallest absolute Gasteiger partial charge is 0.191 e. The van der Waals surface area contributed by atoms with Gasteiger partial charge in [0.1, 0.15) is 5.82 Å². The number of rotatable bonds is 9. The summed E-state index contributed by atoms with van der Waals surface area (Å²) >= 11 is 0. The summed E-state index contributed by atoms with van der Waals surface area (Å²) < 4.78 is 23.3. The highest BCUT2D eigenvalue weighted by Gasteiger charge is 2.01. The van der Waals surface area contributed by atoms with Crippen LogP contribution in [-0.2, 0) is 15.9 Å². The van der Waals surface area contributed by atoms with E-state index in [1.807, 2.05) is 13.0 Å². The van der Waals surface area contributed by atoms with E-state index in [0.717, 1.165) is 30.1 Å². The molecule has 0 spiro atoms. The summed E-state index contributed by atoms with van der Waals surface area (Å²) in [6.45, 7) is 5.12. The average molecular weight is 311 g/mol. The zero-order valence-corrected chi connectivity index (χ0v) is 13.6. The maximum atomic E-state index is 13.0. The van der Waals surface area contributed by atoms with Crippen LogP contribution in [0.5, 0.6) is 0 Å². The van der Waals surface area contributed by atoms with E-state index in [9.17, 15) is 4.39 Å². The predicted octanol–water partition coefficient (Wildman–Crippen LogP) is 1.50. The zero-order chi connectivity index (χ0) is 16.2. The van der Waals surface area contributed by atoms with E-state index in [1.165, 1.54) is 6.07 Å². The molecule has 0 unspecified atom stereocenters. The van der Waals surface area contributed by atoms with Crippen LogP contribution in [0.3, 0.4) is 0 Å². The fourth-order valence-corrected chi connectivity index (χ4v) is 1.96. The van der Waals surface area contributed by atoms with Crippen LogP contribution in [0, 0.1) is 12.7 Å². The van der Waals surface area contributed by atoms with E-state index in [-0.39, 0.29) is 5.82 Å². The van der Waals surface area contributed by atoms with Crippen molar-refractivity contribution in [2.75, 3.05) is 47.1 Å². The molecule has 0 saturated heterocycles. The van der Waals surface area contributed by atoms with Crippen LogP contribution in [0.2, 0.25) is 0 Å². The Hall–Kier alpha value is -1.66. The molecule has 1 rings (SSSR count). The molecule has 124 valence electrons. The van der Waals surface area contributed by atoms with Gasteiger partial charge in [-0.2, -0.15) is 0 Å². The van der Waals surface area contributed by atoms with Crippen LogP contribution in [-0.4, -0.2) is 53.0 Å². The van der Waals surface area contributed by atoms with Gasteiger partial charge < -0.3 is 20.1 Å². The average Bonchev–Trinajstić information content (AvgIpc) is 2.50.